The third-order valence-electron chi connectivity index (χ3n) is 2.97. The molecule has 1 N–H and O–H groups in total. The smallest absolute Gasteiger partial charge is 0.0701 e. The molecule has 98 valence electrons. The summed E-state index contributed by atoms with van der Waals surface area (Å²) in [5.41, 5.74) is 0. The first kappa shape index (κ1) is 15.2. The molecular weight excluding hydrogens is 294 g/mol. The molecule has 1 nitrogen and oxygen atoms in total. The number of hydrogen-bond acceptors (Lipinski definition) is 2. The van der Waals surface area contributed by atoms with Crippen LogP contribution in [0.25, 0.3) is 0 Å². The van der Waals surface area contributed by atoms with Crippen LogP contribution >= 0.6 is 27.3 Å². The minimum Gasteiger partial charge on any atom is -0.307 e. The number of halogens is 1. The van der Waals surface area contributed by atoms with Crippen LogP contribution in [0.3, 0.4) is 0 Å². The van der Waals surface area contributed by atoms with E-state index in [1.54, 1.807) is 0 Å². The van der Waals surface area contributed by atoms with Gasteiger partial charge in [-0.15, -0.1) is 11.3 Å². The third kappa shape index (κ3) is 6.03. The van der Waals surface area contributed by atoms with Crippen molar-refractivity contribution in [1.82, 2.24) is 5.32 Å². The highest BCUT2D eigenvalue weighted by Gasteiger charge is 2.11. The first-order valence-corrected chi connectivity index (χ1v) is 8.11. The summed E-state index contributed by atoms with van der Waals surface area (Å²) in [4.78, 5) is 1.41. The van der Waals surface area contributed by atoms with Crippen molar-refractivity contribution >= 4 is 27.3 Å². The lowest BCUT2D eigenvalue weighted by atomic mass is 10.0. The Labute approximate surface area is 118 Å². The van der Waals surface area contributed by atoms with Crippen LogP contribution in [0.15, 0.2) is 15.9 Å². The number of thiophene rings is 1. The Kier molecular flexibility index (Phi) is 6.75. The quantitative estimate of drug-likeness (QED) is 0.712. The molecule has 0 aliphatic heterocycles. The molecule has 2 atom stereocenters. The molecule has 2 unspecified atom stereocenters. The lowest BCUT2D eigenvalue weighted by molar-refractivity contribution is 0.426. The first-order chi connectivity index (χ1) is 7.99. The molecule has 0 saturated heterocycles. The van der Waals surface area contributed by atoms with Gasteiger partial charge in [0.2, 0.25) is 0 Å². The van der Waals surface area contributed by atoms with E-state index >= 15 is 0 Å². The Morgan fingerprint density at radius 2 is 1.88 bits per heavy atom. The van der Waals surface area contributed by atoms with Crippen LogP contribution in [0.2, 0.25) is 0 Å². The van der Waals surface area contributed by atoms with Crippen molar-refractivity contribution in [2.75, 3.05) is 0 Å². The molecule has 1 rings (SSSR count). The number of rotatable bonds is 7. The first-order valence-electron chi connectivity index (χ1n) is 6.50. The Hall–Kier alpha value is 0.140. The topological polar surface area (TPSA) is 12.0 Å². The lowest BCUT2D eigenvalue weighted by Crippen LogP contribution is -2.28. The molecule has 0 aliphatic carbocycles. The van der Waals surface area contributed by atoms with E-state index in [1.165, 1.54) is 27.9 Å². The van der Waals surface area contributed by atoms with Gasteiger partial charge in [0, 0.05) is 17.0 Å². The minimum atomic E-state index is 0.459. The molecule has 3 heteroatoms. The van der Waals surface area contributed by atoms with E-state index in [-0.39, 0.29) is 0 Å². The van der Waals surface area contributed by atoms with Crippen molar-refractivity contribution in [3.63, 3.8) is 0 Å². The van der Waals surface area contributed by atoms with E-state index < -0.39 is 0 Å². The Bertz CT molecular complexity index is 322. The van der Waals surface area contributed by atoms with Crippen molar-refractivity contribution < 1.29 is 0 Å². The van der Waals surface area contributed by atoms with Gasteiger partial charge in [-0.1, -0.05) is 26.7 Å². The van der Waals surface area contributed by atoms with Gasteiger partial charge in [-0.25, -0.2) is 0 Å². The predicted octanol–water partition coefficient (Wildman–Crippen LogP) is 5.38. The second-order valence-electron chi connectivity index (χ2n) is 5.26. The lowest BCUT2D eigenvalue weighted by Gasteiger charge is -2.19. The molecule has 0 bridgehead atoms. The van der Waals surface area contributed by atoms with Crippen LogP contribution in [0.5, 0.6) is 0 Å². The highest BCUT2D eigenvalue weighted by atomic mass is 79.9. The normalized spacial score (nSPS) is 15.2. The van der Waals surface area contributed by atoms with Crippen LogP contribution in [0.4, 0.5) is 0 Å². The van der Waals surface area contributed by atoms with Gasteiger partial charge in [0.25, 0.3) is 0 Å². The van der Waals surface area contributed by atoms with E-state index in [0.717, 1.165) is 5.92 Å². The van der Waals surface area contributed by atoms with E-state index in [0.29, 0.717) is 12.1 Å². The van der Waals surface area contributed by atoms with Crippen LogP contribution in [0, 0.1) is 5.92 Å². The zero-order chi connectivity index (χ0) is 12.8. The molecule has 0 saturated carbocycles. The molecular formula is C14H24BrNS. The Morgan fingerprint density at radius 3 is 2.41 bits per heavy atom. The molecule has 1 aromatic rings. The van der Waals surface area contributed by atoms with Gasteiger partial charge in [0.1, 0.15) is 0 Å². The summed E-state index contributed by atoms with van der Waals surface area (Å²) < 4.78 is 1.22. The van der Waals surface area contributed by atoms with Crippen LogP contribution in [-0.2, 0) is 0 Å². The molecule has 1 aromatic heterocycles. The van der Waals surface area contributed by atoms with Gasteiger partial charge in [-0.3, -0.25) is 0 Å². The van der Waals surface area contributed by atoms with Gasteiger partial charge in [0.15, 0.2) is 0 Å². The zero-order valence-corrected chi connectivity index (χ0v) is 13.7. The van der Waals surface area contributed by atoms with E-state index in [2.05, 4.69) is 61.1 Å². The molecule has 0 fully saturated rings. The van der Waals surface area contributed by atoms with Crippen molar-refractivity contribution in [3.05, 3.63) is 20.8 Å². The van der Waals surface area contributed by atoms with Gasteiger partial charge in [-0.2, -0.15) is 0 Å². The highest BCUT2D eigenvalue weighted by molar-refractivity contribution is 9.11. The molecule has 17 heavy (non-hydrogen) atoms. The van der Waals surface area contributed by atoms with Crippen LogP contribution < -0.4 is 5.32 Å². The summed E-state index contributed by atoms with van der Waals surface area (Å²) in [6.07, 6.45) is 3.94. The third-order valence-corrected chi connectivity index (χ3v) is 4.78. The molecule has 0 spiro atoms. The fraction of sp³-hybridized carbons (Fsp3) is 0.714. The highest BCUT2D eigenvalue weighted by Crippen LogP contribution is 2.27. The van der Waals surface area contributed by atoms with Crippen LogP contribution in [0.1, 0.15) is 57.9 Å². The Morgan fingerprint density at radius 1 is 1.18 bits per heavy atom. The van der Waals surface area contributed by atoms with Gasteiger partial charge < -0.3 is 5.32 Å². The zero-order valence-electron chi connectivity index (χ0n) is 11.3. The van der Waals surface area contributed by atoms with Gasteiger partial charge in [-0.05, 0) is 54.2 Å². The monoisotopic (exact) mass is 317 g/mol. The van der Waals surface area contributed by atoms with Crippen molar-refractivity contribution in [2.24, 2.45) is 5.92 Å². The van der Waals surface area contributed by atoms with E-state index in [9.17, 15) is 0 Å². The molecule has 0 aromatic carbocycles. The second kappa shape index (κ2) is 7.55. The fourth-order valence-electron chi connectivity index (χ4n) is 1.99. The van der Waals surface area contributed by atoms with E-state index in [4.69, 9.17) is 0 Å². The summed E-state index contributed by atoms with van der Waals surface area (Å²) in [5, 5.41) is 3.67. The molecule has 0 radical (unpaired) electrons. The van der Waals surface area contributed by atoms with Gasteiger partial charge in [0.05, 0.1) is 3.79 Å². The SMILES string of the molecule is CC(C)CCCC(C)NC(C)c1ccc(Br)s1. The van der Waals surface area contributed by atoms with E-state index in [1.807, 2.05) is 11.3 Å². The maximum absolute atomic E-state index is 3.67. The molecule has 0 aliphatic rings. The maximum atomic E-state index is 3.67. The summed E-state index contributed by atoms with van der Waals surface area (Å²) in [7, 11) is 0. The largest absolute Gasteiger partial charge is 0.307 e. The standard InChI is InChI=1S/C14H24BrNS/c1-10(2)6-5-7-11(3)16-12(4)13-8-9-14(15)17-13/h8-12,16H,5-7H2,1-4H3. The summed E-state index contributed by atoms with van der Waals surface area (Å²) >= 11 is 5.34. The van der Waals surface area contributed by atoms with Crippen molar-refractivity contribution in [2.45, 2.75) is 59.0 Å². The predicted molar refractivity (Wildman–Crippen MR) is 81.7 cm³/mol. The summed E-state index contributed by atoms with van der Waals surface area (Å²) in [6, 6.07) is 5.39. The summed E-state index contributed by atoms with van der Waals surface area (Å²) in [5.74, 6) is 0.827. The number of hydrogen-bond donors (Lipinski definition) is 1. The van der Waals surface area contributed by atoms with Crippen molar-refractivity contribution in [3.8, 4) is 0 Å². The molecule has 0 amide bonds. The average Bonchev–Trinajstić information content (AvgIpc) is 2.64. The summed E-state index contributed by atoms with van der Waals surface area (Å²) in [6.45, 7) is 9.13. The second-order valence-corrected chi connectivity index (χ2v) is 7.75. The molecule has 1 heterocycles. The maximum Gasteiger partial charge on any atom is 0.0701 e. The van der Waals surface area contributed by atoms with Crippen molar-refractivity contribution in [1.29, 1.82) is 0 Å². The minimum absolute atomic E-state index is 0.459. The average molecular weight is 318 g/mol. The Balaban J connectivity index is 2.28. The van der Waals surface area contributed by atoms with Crippen LogP contribution in [-0.4, -0.2) is 6.04 Å². The fourth-order valence-corrected chi connectivity index (χ4v) is 3.42. The van der Waals surface area contributed by atoms with Gasteiger partial charge >= 0.3 is 0 Å². The number of nitrogens with one attached hydrogen (secondary N) is 1.